The van der Waals surface area contributed by atoms with Crippen molar-refractivity contribution in [1.82, 2.24) is 0 Å². The van der Waals surface area contributed by atoms with Crippen molar-refractivity contribution in [3.8, 4) is 0 Å². The maximum absolute atomic E-state index is 8.46. The summed E-state index contributed by atoms with van der Waals surface area (Å²) < 4.78 is 8.46. The lowest BCUT2D eigenvalue weighted by Gasteiger charge is -1.24. The summed E-state index contributed by atoms with van der Waals surface area (Å²) in [5.41, 5.74) is 0. The summed E-state index contributed by atoms with van der Waals surface area (Å²) in [5, 5.41) is 12.0. The van der Waals surface area contributed by atoms with Crippen LogP contribution in [0.5, 0.6) is 0 Å². The molecule has 0 bridgehead atoms. The fourth-order valence-electron chi connectivity index (χ4n) is 0. The topological polar surface area (TPSA) is 84.9 Å². The van der Waals surface area contributed by atoms with Gasteiger partial charge in [-0.05, 0) is 0 Å². The first kappa shape index (κ1) is 8.82. The van der Waals surface area contributed by atoms with Crippen molar-refractivity contribution >= 4 is 8.69 Å². The van der Waals surface area contributed by atoms with Crippen LogP contribution in [0.15, 0.2) is 0 Å². The van der Waals surface area contributed by atoms with E-state index in [-0.39, 0.29) is 0 Å². The third kappa shape index (κ3) is 28.2. The molecule has 0 saturated heterocycles. The Bertz CT molecular complexity index is 31.9. The summed E-state index contributed by atoms with van der Waals surface area (Å²) >= 11 is 0. The van der Waals surface area contributed by atoms with Gasteiger partial charge in [-0.1, -0.05) is 0 Å². The SMILES string of the molecule is N#N.O=PO. The van der Waals surface area contributed by atoms with E-state index in [4.69, 9.17) is 20.2 Å². The van der Waals surface area contributed by atoms with Crippen molar-refractivity contribution in [1.29, 1.82) is 10.8 Å². The van der Waals surface area contributed by atoms with Gasteiger partial charge in [0, 0.05) is 10.8 Å². The van der Waals surface area contributed by atoms with Crippen LogP contribution in [0.2, 0.25) is 0 Å². The molecule has 0 unspecified atom stereocenters. The Hall–Kier alpha value is -0.520. The standard InChI is InChI=1S/N2.HO2P/c1-2;1-3-2/h;(H,1,2). The van der Waals surface area contributed by atoms with Gasteiger partial charge in [0.05, 0.1) is 0 Å². The molecule has 0 amide bonds. The highest BCUT2D eigenvalue weighted by Gasteiger charge is 1.28. The van der Waals surface area contributed by atoms with Crippen molar-refractivity contribution in [3.05, 3.63) is 0 Å². The molecule has 0 rings (SSSR count). The molecule has 5 heavy (non-hydrogen) atoms. The van der Waals surface area contributed by atoms with Crippen LogP contribution in [0.3, 0.4) is 0 Å². The number of nitrogens with zero attached hydrogens (tertiary/aromatic N) is 2. The molecule has 0 aromatic heterocycles. The van der Waals surface area contributed by atoms with Crippen molar-refractivity contribution < 1.29 is 9.46 Å². The summed E-state index contributed by atoms with van der Waals surface area (Å²) in [6.07, 6.45) is 0. The normalized spacial score (nSPS) is 4.60. The van der Waals surface area contributed by atoms with Gasteiger partial charge in [0.1, 0.15) is 0 Å². The highest BCUT2D eigenvalue weighted by atomic mass is 31.1. The van der Waals surface area contributed by atoms with Crippen LogP contribution in [0, 0.1) is 10.8 Å². The molecule has 0 aliphatic heterocycles. The van der Waals surface area contributed by atoms with Crippen LogP contribution >= 0.6 is 8.69 Å². The molecule has 0 aromatic rings. The third-order valence-corrected chi connectivity index (χ3v) is 0. The van der Waals surface area contributed by atoms with Crippen molar-refractivity contribution in [3.63, 3.8) is 0 Å². The number of rotatable bonds is 0. The highest BCUT2D eigenvalue weighted by molar-refractivity contribution is 7.16. The molecule has 28 valence electrons. The Balaban J connectivity index is 0. The Kier molecular flexibility index (Phi) is 164. The Morgan fingerprint density at radius 1 is 1.60 bits per heavy atom. The number of hydrogen-bond donors (Lipinski definition) is 1. The minimum Gasteiger partial charge on any atom is -0.310 e. The second kappa shape index (κ2) is 92.9. The molecule has 0 radical (unpaired) electrons. The van der Waals surface area contributed by atoms with Gasteiger partial charge in [0.25, 0.3) is 0 Å². The molecule has 0 saturated carbocycles. The minimum atomic E-state index is -0.833. The number of hydrogen-bond acceptors (Lipinski definition) is 3. The Labute approximate surface area is 30.1 Å². The van der Waals surface area contributed by atoms with Gasteiger partial charge < -0.3 is 4.89 Å². The lowest BCUT2D eigenvalue weighted by atomic mass is 13.4. The molecule has 0 aliphatic carbocycles. The van der Waals surface area contributed by atoms with Crippen LogP contribution in [-0.2, 0) is 4.57 Å². The zero-order valence-corrected chi connectivity index (χ0v) is 3.09. The molecular formula is HN2O2P. The maximum Gasteiger partial charge on any atom is 0.324 e. The smallest absolute Gasteiger partial charge is 0.310 e. The third-order valence-electron chi connectivity index (χ3n) is 0. The van der Waals surface area contributed by atoms with E-state index in [2.05, 4.69) is 0 Å². The molecule has 0 atom stereocenters. The minimum absolute atomic E-state index is 0.833. The van der Waals surface area contributed by atoms with E-state index in [1.807, 2.05) is 0 Å². The van der Waals surface area contributed by atoms with Crippen LogP contribution in [0.4, 0.5) is 0 Å². The first-order chi connectivity index (χ1) is 2.41. The van der Waals surface area contributed by atoms with E-state index in [1.54, 1.807) is 0 Å². The van der Waals surface area contributed by atoms with Gasteiger partial charge in [0.15, 0.2) is 0 Å². The van der Waals surface area contributed by atoms with Crippen molar-refractivity contribution in [2.45, 2.75) is 0 Å². The zero-order chi connectivity index (χ0) is 4.71. The lowest BCUT2D eigenvalue weighted by molar-refractivity contribution is 0.524. The van der Waals surface area contributed by atoms with Crippen LogP contribution < -0.4 is 0 Å². The fraction of sp³-hybridized carbons (Fsp3) is 0. The summed E-state index contributed by atoms with van der Waals surface area (Å²) in [4.78, 5) is 6.99. The molecule has 0 aromatic carbocycles. The average Bonchev–Trinajstić information content (AvgIpc) is 1.46. The predicted molar refractivity (Wildman–Crippen MR) is 13.3 cm³/mol. The average molecular weight is 92.0 g/mol. The van der Waals surface area contributed by atoms with Gasteiger partial charge in [-0.2, -0.15) is 0 Å². The molecule has 5 heteroatoms. The molecular weight excluding hydrogens is 91.0 g/mol. The van der Waals surface area contributed by atoms with Crippen LogP contribution in [0.1, 0.15) is 0 Å². The van der Waals surface area contributed by atoms with Crippen molar-refractivity contribution in [2.75, 3.05) is 0 Å². The van der Waals surface area contributed by atoms with Gasteiger partial charge in [0.2, 0.25) is 0 Å². The van der Waals surface area contributed by atoms with E-state index >= 15 is 0 Å². The monoisotopic (exact) mass is 92.0 g/mol. The van der Waals surface area contributed by atoms with Crippen LogP contribution in [0.25, 0.3) is 0 Å². The zero-order valence-electron chi connectivity index (χ0n) is 2.20. The summed E-state index contributed by atoms with van der Waals surface area (Å²) in [6.45, 7) is 0. The fourth-order valence-corrected chi connectivity index (χ4v) is 0. The predicted octanol–water partition coefficient (Wildman–Crippen LogP) is 0.216. The molecule has 4 nitrogen and oxygen atoms in total. The quantitative estimate of drug-likeness (QED) is 0.342. The Morgan fingerprint density at radius 2 is 1.60 bits per heavy atom. The van der Waals surface area contributed by atoms with Crippen molar-refractivity contribution in [2.24, 2.45) is 0 Å². The first-order valence-corrected chi connectivity index (χ1v) is 1.35. The van der Waals surface area contributed by atoms with E-state index in [1.165, 1.54) is 0 Å². The van der Waals surface area contributed by atoms with Gasteiger partial charge in [-0.15, -0.1) is 0 Å². The maximum atomic E-state index is 8.46. The second-order valence-electron chi connectivity index (χ2n) is 0.0816. The van der Waals surface area contributed by atoms with Crippen LogP contribution in [-0.4, -0.2) is 4.89 Å². The Morgan fingerprint density at radius 3 is 1.60 bits per heavy atom. The van der Waals surface area contributed by atoms with E-state index in [9.17, 15) is 0 Å². The first-order valence-electron chi connectivity index (χ1n) is 0.583. The molecule has 0 spiro atoms. The largest absolute Gasteiger partial charge is 0.324 e. The highest BCUT2D eigenvalue weighted by Crippen LogP contribution is 1.66. The molecule has 1 N–H and O–H groups in total. The summed E-state index contributed by atoms with van der Waals surface area (Å²) in [6, 6.07) is 0. The van der Waals surface area contributed by atoms with E-state index < -0.39 is 8.69 Å². The summed E-state index contributed by atoms with van der Waals surface area (Å²) in [7, 11) is -0.833. The van der Waals surface area contributed by atoms with E-state index in [0.29, 0.717) is 0 Å². The van der Waals surface area contributed by atoms with Gasteiger partial charge in [-0.3, -0.25) is 0 Å². The summed E-state index contributed by atoms with van der Waals surface area (Å²) in [5.74, 6) is 0. The lowest BCUT2D eigenvalue weighted by Crippen LogP contribution is -1.03. The molecule has 0 aliphatic rings. The molecule has 0 heterocycles. The van der Waals surface area contributed by atoms with Gasteiger partial charge in [-0.25, -0.2) is 4.57 Å². The van der Waals surface area contributed by atoms with Gasteiger partial charge >= 0.3 is 8.69 Å². The second-order valence-corrected chi connectivity index (χ2v) is 0.245. The molecule has 0 fully saturated rings. The van der Waals surface area contributed by atoms with E-state index in [0.717, 1.165) is 0 Å².